The van der Waals surface area contributed by atoms with E-state index >= 15 is 0 Å². The first kappa shape index (κ1) is 16.1. The second-order valence-corrected chi connectivity index (χ2v) is 6.28. The maximum absolute atomic E-state index is 12.4. The third-order valence-electron chi connectivity index (χ3n) is 4.27. The van der Waals surface area contributed by atoms with Crippen molar-refractivity contribution in [2.24, 2.45) is 7.05 Å². The fourth-order valence-electron chi connectivity index (χ4n) is 2.69. The van der Waals surface area contributed by atoms with Gasteiger partial charge in [-0.3, -0.25) is 9.59 Å². The van der Waals surface area contributed by atoms with E-state index in [2.05, 4.69) is 26.0 Å². The van der Waals surface area contributed by atoms with E-state index in [4.69, 9.17) is 0 Å². The largest absolute Gasteiger partial charge is 0.373 e. The Morgan fingerprint density at radius 3 is 2.88 bits per heavy atom. The first-order chi connectivity index (χ1) is 12.6. The summed E-state index contributed by atoms with van der Waals surface area (Å²) in [5, 5.41) is 13.3. The fraction of sp³-hybridized carbons (Fsp3) is 0.294. The molecule has 0 aromatic carbocycles. The first-order valence-corrected chi connectivity index (χ1v) is 8.37. The number of hydrogen-bond donors (Lipinski definition) is 3. The van der Waals surface area contributed by atoms with Crippen LogP contribution in [0.15, 0.2) is 35.4 Å². The molecule has 0 unspecified atom stereocenters. The molecule has 26 heavy (non-hydrogen) atoms. The molecule has 1 saturated carbocycles. The van der Waals surface area contributed by atoms with Gasteiger partial charge < -0.3 is 20.5 Å². The van der Waals surface area contributed by atoms with Gasteiger partial charge in [-0.2, -0.15) is 9.61 Å². The molecule has 134 valence electrons. The van der Waals surface area contributed by atoms with Crippen molar-refractivity contribution in [3.05, 3.63) is 46.5 Å². The molecular formula is C17H19N7O2. The topological polar surface area (TPSA) is 105 Å². The maximum Gasteiger partial charge on any atom is 0.274 e. The first-order valence-electron chi connectivity index (χ1n) is 8.37. The van der Waals surface area contributed by atoms with Crippen LogP contribution < -0.4 is 21.5 Å². The molecule has 1 amide bonds. The summed E-state index contributed by atoms with van der Waals surface area (Å²) in [6, 6.07) is 5.43. The van der Waals surface area contributed by atoms with Crippen LogP contribution in [0.25, 0.3) is 5.65 Å². The van der Waals surface area contributed by atoms with Crippen molar-refractivity contribution in [1.29, 1.82) is 0 Å². The van der Waals surface area contributed by atoms with E-state index in [0.29, 0.717) is 28.5 Å². The number of hydrogen-bond acceptors (Lipinski definition) is 6. The Bertz CT molecular complexity index is 1050. The van der Waals surface area contributed by atoms with Gasteiger partial charge in [0.1, 0.15) is 22.9 Å². The monoisotopic (exact) mass is 353 g/mol. The summed E-state index contributed by atoms with van der Waals surface area (Å²) in [6.07, 6.45) is 5.20. The van der Waals surface area contributed by atoms with Crippen LogP contribution in [0.5, 0.6) is 0 Å². The van der Waals surface area contributed by atoms with Gasteiger partial charge in [0, 0.05) is 32.4 Å². The zero-order valence-corrected chi connectivity index (χ0v) is 14.5. The van der Waals surface area contributed by atoms with Crippen LogP contribution in [0, 0.1) is 0 Å². The average molecular weight is 353 g/mol. The lowest BCUT2D eigenvalue weighted by atomic mass is 10.3. The maximum atomic E-state index is 12.4. The minimum absolute atomic E-state index is 0.166. The quantitative estimate of drug-likeness (QED) is 0.634. The second kappa shape index (κ2) is 6.17. The van der Waals surface area contributed by atoms with E-state index in [1.54, 1.807) is 43.0 Å². The summed E-state index contributed by atoms with van der Waals surface area (Å²) in [6.45, 7) is 0. The number of carbonyl (C=O) groups is 1. The van der Waals surface area contributed by atoms with Crippen molar-refractivity contribution in [2.45, 2.75) is 18.9 Å². The number of amides is 1. The van der Waals surface area contributed by atoms with Crippen LogP contribution >= 0.6 is 0 Å². The molecule has 1 fully saturated rings. The van der Waals surface area contributed by atoms with Crippen LogP contribution in [0.1, 0.15) is 23.2 Å². The number of carbonyl (C=O) groups excluding carboxylic acids is 1. The number of aryl methyl sites for hydroxylation is 1. The molecule has 3 N–H and O–H groups in total. The molecule has 0 saturated heterocycles. The van der Waals surface area contributed by atoms with E-state index in [1.807, 2.05) is 0 Å². The lowest BCUT2D eigenvalue weighted by molar-refractivity contribution is 0.0952. The highest BCUT2D eigenvalue weighted by Gasteiger charge is 2.26. The highest BCUT2D eigenvalue weighted by Crippen LogP contribution is 2.23. The van der Waals surface area contributed by atoms with Gasteiger partial charge in [-0.25, -0.2) is 4.98 Å². The summed E-state index contributed by atoms with van der Waals surface area (Å²) < 4.78 is 3.04. The molecule has 3 aromatic rings. The van der Waals surface area contributed by atoms with Crippen molar-refractivity contribution in [3.63, 3.8) is 0 Å². The van der Waals surface area contributed by atoms with Gasteiger partial charge in [-0.1, -0.05) is 0 Å². The number of nitrogens with zero attached hydrogens (tertiary/aromatic N) is 4. The van der Waals surface area contributed by atoms with Crippen LogP contribution in [0.3, 0.4) is 0 Å². The van der Waals surface area contributed by atoms with E-state index in [0.717, 1.165) is 12.8 Å². The Labute approximate surface area is 149 Å². The Morgan fingerprint density at radius 1 is 1.35 bits per heavy atom. The van der Waals surface area contributed by atoms with Crippen molar-refractivity contribution in [1.82, 2.24) is 24.5 Å². The molecule has 0 spiro atoms. The minimum Gasteiger partial charge on any atom is -0.373 e. The minimum atomic E-state index is -0.190. The lowest BCUT2D eigenvalue weighted by Crippen LogP contribution is -2.25. The molecule has 0 atom stereocenters. The molecule has 9 nitrogen and oxygen atoms in total. The number of aromatic nitrogens is 4. The molecule has 4 rings (SSSR count). The third-order valence-corrected chi connectivity index (χ3v) is 4.27. The van der Waals surface area contributed by atoms with Gasteiger partial charge >= 0.3 is 0 Å². The summed E-state index contributed by atoms with van der Waals surface area (Å²) >= 11 is 0. The number of pyridine rings is 1. The number of nitrogens with one attached hydrogen (secondary N) is 3. The van der Waals surface area contributed by atoms with Gasteiger partial charge in [-0.05, 0) is 25.0 Å². The van der Waals surface area contributed by atoms with Crippen LogP contribution in [0.2, 0.25) is 0 Å². The van der Waals surface area contributed by atoms with E-state index in [9.17, 15) is 9.59 Å². The summed E-state index contributed by atoms with van der Waals surface area (Å²) in [7, 11) is 3.44. The molecule has 9 heteroatoms. The Morgan fingerprint density at radius 2 is 2.15 bits per heavy atom. The Balaban J connectivity index is 1.76. The van der Waals surface area contributed by atoms with Crippen LogP contribution in [-0.2, 0) is 7.05 Å². The highest BCUT2D eigenvalue weighted by atomic mass is 16.2. The van der Waals surface area contributed by atoms with Gasteiger partial charge in [0.2, 0.25) is 0 Å². The third kappa shape index (κ3) is 2.87. The zero-order chi connectivity index (χ0) is 18.3. The standard InChI is InChI=1S/C17H19N7O2/c1-18-14-8-13(21-12-4-3-7-23(2)17(12)26)22-15-11(9-19-24(14)15)16(25)20-10-5-6-10/h3-4,7-10,18H,5-6H2,1-2H3,(H,20,25)(H,21,22). The summed E-state index contributed by atoms with van der Waals surface area (Å²) in [5.74, 6) is 0.909. The van der Waals surface area contributed by atoms with Crippen molar-refractivity contribution >= 4 is 28.9 Å². The van der Waals surface area contributed by atoms with Crippen molar-refractivity contribution in [2.75, 3.05) is 17.7 Å². The predicted octanol–water partition coefficient (Wildman–Crippen LogP) is 1.11. The molecule has 0 radical (unpaired) electrons. The van der Waals surface area contributed by atoms with Gasteiger partial charge in [-0.15, -0.1) is 0 Å². The number of rotatable bonds is 5. The molecular weight excluding hydrogens is 334 g/mol. The zero-order valence-electron chi connectivity index (χ0n) is 14.5. The molecule has 0 aliphatic heterocycles. The second-order valence-electron chi connectivity index (χ2n) is 6.28. The fourth-order valence-corrected chi connectivity index (χ4v) is 2.69. The van der Waals surface area contributed by atoms with E-state index in [1.165, 1.54) is 10.8 Å². The molecule has 1 aliphatic rings. The highest BCUT2D eigenvalue weighted by molar-refractivity contribution is 6.00. The lowest BCUT2D eigenvalue weighted by Gasteiger charge is -2.10. The number of fused-ring (bicyclic) bond motifs is 1. The van der Waals surface area contributed by atoms with Crippen molar-refractivity contribution < 1.29 is 4.79 Å². The molecule has 3 aromatic heterocycles. The normalized spacial score (nSPS) is 13.6. The smallest absolute Gasteiger partial charge is 0.274 e. The van der Waals surface area contributed by atoms with E-state index in [-0.39, 0.29) is 17.5 Å². The average Bonchev–Trinajstić information content (AvgIpc) is 3.33. The molecule has 3 heterocycles. The SMILES string of the molecule is CNc1cc(Nc2cccn(C)c2=O)nc2c(C(=O)NC3CC3)cnn12. The number of anilines is 3. The predicted molar refractivity (Wildman–Crippen MR) is 98.0 cm³/mol. The molecule has 1 aliphatic carbocycles. The Hall–Kier alpha value is -3.36. The van der Waals surface area contributed by atoms with Crippen molar-refractivity contribution in [3.8, 4) is 0 Å². The van der Waals surface area contributed by atoms with Gasteiger partial charge in [0.25, 0.3) is 11.5 Å². The summed E-state index contributed by atoms with van der Waals surface area (Å²) in [4.78, 5) is 29.2. The van der Waals surface area contributed by atoms with E-state index < -0.39 is 0 Å². The summed E-state index contributed by atoms with van der Waals surface area (Å²) in [5.41, 5.74) is 1.06. The van der Waals surface area contributed by atoms with Crippen LogP contribution in [-0.4, -0.2) is 38.2 Å². The van der Waals surface area contributed by atoms with Gasteiger partial charge in [0.15, 0.2) is 5.65 Å². The Kier molecular flexibility index (Phi) is 3.83. The molecule has 0 bridgehead atoms. The van der Waals surface area contributed by atoms with Gasteiger partial charge in [0.05, 0.1) is 6.20 Å². The van der Waals surface area contributed by atoms with Crippen LogP contribution in [0.4, 0.5) is 17.3 Å².